The topological polar surface area (TPSA) is 64.7 Å². The number of carbonyl (C=O) groups excluding carboxylic acids is 1. The van der Waals surface area contributed by atoms with Gasteiger partial charge in [0.15, 0.2) is 5.82 Å². The maximum Gasteiger partial charge on any atom is 0.230 e. The number of hydrogen-bond donors (Lipinski definition) is 1. The largest absolute Gasteiger partial charge is 0.309 e. The minimum atomic E-state index is -0.265. The van der Waals surface area contributed by atoms with Crippen LogP contribution in [0.1, 0.15) is 12.5 Å². The molecule has 0 aliphatic heterocycles. The lowest BCUT2D eigenvalue weighted by Crippen LogP contribution is -2.24. The summed E-state index contributed by atoms with van der Waals surface area (Å²) in [5.74, 6) is 0.164. The van der Waals surface area contributed by atoms with Crippen LogP contribution in [0.15, 0.2) is 67.1 Å². The van der Waals surface area contributed by atoms with Crippen LogP contribution in [-0.4, -0.2) is 25.5 Å². The van der Waals surface area contributed by atoms with Crippen molar-refractivity contribution < 1.29 is 4.79 Å². The summed E-state index contributed by atoms with van der Waals surface area (Å²) in [7, 11) is 0. The van der Waals surface area contributed by atoms with Crippen molar-refractivity contribution in [2.45, 2.75) is 20.0 Å². The molecule has 1 N–H and O–H groups in total. The Morgan fingerprint density at radius 2 is 1.96 bits per heavy atom. The molecule has 142 valence electrons. The Labute approximate surface area is 167 Å². The third-order valence-electron chi connectivity index (χ3n) is 4.61. The van der Waals surface area contributed by atoms with E-state index in [0.29, 0.717) is 23.9 Å². The summed E-state index contributed by atoms with van der Waals surface area (Å²) < 4.78 is 3.49. The van der Waals surface area contributed by atoms with Gasteiger partial charge in [-0.25, -0.2) is 0 Å². The molecule has 1 amide bonds. The third kappa shape index (κ3) is 4.07. The van der Waals surface area contributed by atoms with Crippen molar-refractivity contribution in [3.8, 4) is 0 Å². The first-order chi connectivity index (χ1) is 13.6. The van der Waals surface area contributed by atoms with Crippen LogP contribution in [0.4, 0.5) is 5.82 Å². The molecule has 6 nitrogen and oxygen atoms in total. The minimum Gasteiger partial charge on any atom is -0.309 e. The molecule has 0 bridgehead atoms. The molecular formula is C21H20ClN5O. The molecule has 0 saturated carbocycles. The second kappa shape index (κ2) is 7.86. The SMILES string of the molecule is CC(Cn1cc(Cl)cn1)C(=O)Nc1ccn(Cc2cccc3ccccc23)n1. The zero-order valence-corrected chi connectivity index (χ0v) is 16.2. The van der Waals surface area contributed by atoms with Gasteiger partial charge in [-0.1, -0.05) is 61.0 Å². The van der Waals surface area contributed by atoms with E-state index in [1.807, 2.05) is 36.0 Å². The van der Waals surface area contributed by atoms with Gasteiger partial charge in [0.05, 0.1) is 30.2 Å². The number of carbonyl (C=O) groups is 1. The number of rotatable bonds is 6. The van der Waals surface area contributed by atoms with Gasteiger partial charge in [0, 0.05) is 18.5 Å². The van der Waals surface area contributed by atoms with Crippen LogP contribution < -0.4 is 5.32 Å². The fourth-order valence-corrected chi connectivity index (χ4v) is 3.33. The maximum absolute atomic E-state index is 12.4. The average Bonchev–Trinajstić information content (AvgIpc) is 3.30. The predicted molar refractivity (Wildman–Crippen MR) is 110 cm³/mol. The molecule has 0 aliphatic carbocycles. The summed E-state index contributed by atoms with van der Waals surface area (Å²) >= 11 is 5.86. The third-order valence-corrected chi connectivity index (χ3v) is 4.81. The average molecular weight is 394 g/mol. The van der Waals surface area contributed by atoms with Crippen molar-refractivity contribution in [3.05, 3.63) is 77.7 Å². The summed E-state index contributed by atoms with van der Waals surface area (Å²) in [6.07, 6.45) is 5.13. The van der Waals surface area contributed by atoms with Gasteiger partial charge >= 0.3 is 0 Å². The highest BCUT2D eigenvalue weighted by atomic mass is 35.5. The van der Waals surface area contributed by atoms with Crippen molar-refractivity contribution in [2.75, 3.05) is 5.32 Å². The number of benzene rings is 2. The molecule has 2 aromatic carbocycles. The van der Waals surface area contributed by atoms with Crippen LogP contribution >= 0.6 is 11.6 Å². The van der Waals surface area contributed by atoms with Crippen LogP contribution in [-0.2, 0) is 17.9 Å². The number of amides is 1. The predicted octanol–water partition coefficient (Wildman–Crippen LogP) is 4.21. The molecule has 2 aromatic heterocycles. The lowest BCUT2D eigenvalue weighted by atomic mass is 10.0. The van der Waals surface area contributed by atoms with Gasteiger partial charge in [0.25, 0.3) is 0 Å². The summed E-state index contributed by atoms with van der Waals surface area (Å²) in [5, 5.41) is 14.4. The fraction of sp³-hybridized carbons (Fsp3) is 0.190. The fourth-order valence-electron chi connectivity index (χ4n) is 3.17. The van der Waals surface area contributed by atoms with Crippen molar-refractivity contribution in [1.29, 1.82) is 0 Å². The lowest BCUT2D eigenvalue weighted by molar-refractivity contribution is -0.119. The van der Waals surface area contributed by atoms with Gasteiger partial charge in [-0.05, 0) is 16.3 Å². The first kappa shape index (κ1) is 18.3. The van der Waals surface area contributed by atoms with Crippen molar-refractivity contribution in [1.82, 2.24) is 19.6 Å². The highest BCUT2D eigenvalue weighted by Crippen LogP contribution is 2.19. The minimum absolute atomic E-state index is 0.109. The molecular weight excluding hydrogens is 374 g/mol. The molecule has 28 heavy (non-hydrogen) atoms. The van der Waals surface area contributed by atoms with E-state index < -0.39 is 0 Å². The Kier molecular flexibility index (Phi) is 5.12. The second-order valence-corrected chi connectivity index (χ2v) is 7.24. The van der Waals surface area contributed by atoms with E-state index >= 15 is 0 Å². The Morgan fingerprint density at radius 3 is 2.79 bits per heavy atom. The Bertz CT molecular complexity index is 1110. The molecule has 2 heterocycles. The Morgan fingerprint density at radius 1 is 1.14 bits per heavy atom. The van der Waals surface area contributed by atoms with E-state index in [2.05, 4.69) is 39.8 Å². The number of fused-ring (bicyclic) bond motifs is 1. The molecule has 1 unspecified atom stereocenters. The van der Waals surface area contributed by atoms with Crippen molar-refractivity contribution in [2.24, 2.45) is 5.92 Å². The van der Waals surface area contributed by atoms with Gasteiger partial charge in [-0.2, -0.15) is 10.2 Å². The zero-order chi connectivity index (χ0) is 19.5. The van der Waals surface area contributed by atoms with Crippen LogP contribution in [0.25, 0.3) is 10.8 Å². The highest BCUT2D eigenvalue weighted by molar-refractivity contribution is 6.30. The number of halogens is 1. The summed E-state index contributed by atoms with van der Waals surface area (Å²) in [6.45, 7) is 2.94. The first-order valence-electron chi connectivity index (χ1n) is 9.07. The highest BCUT2D eigenvalue weighted by Gasteiger charge is 2.15. The van der Waals surface area contributed by atoms with Gasteiger partial charge in [0.2, 0.25) is 5.91 Å². The smallest absolute Gasteiger partial charge is 0.230 e. The summed E-state index contributed by atoms with van der Waals surface area (Å²) in [5.41, 5.74) is 1.18. The van der Waals surface area contributed by atoms with E-state index in [1.54, 1.807) is 23.1 Å². The molecule has 0 aliphatic rings. The number of nitrogens with zero attached hydrogens (tertiary/aromatic N) is 4. The second-order valence-electron chi connectivity index (χ2n) is 6.81. The maximum atomic E-state index is 12.4. The molecule has 4 rings (SSSR count). The van der Waals surface area contributed by atoms with E-state index in [0.717, 1.165) is 0 Å². The Hall–Kier alpha value is -3.12. The summed E-state index contributed by atoms with van der Waals surface area (Å²) in [4.78, 5) is 12.4. The molecule has 4 aromatic rings. The van der Waals surface area contributed by atoms with Crippen LogP contribution in [0.3, 0.4) is 0 Å². The quantitative estimate of drug-likeness (QED) is 0.533. The van der Waals surface area contributed by atoms with E-state index in [-0.39, 0.29) is 11.8 Å². The number of anilines is 1. The summed E-state index contributed by atoms with van der Waals surface area (Å²) in [6, 6.07) is 16.3. The van der Waals surface area contributed by atoms with Gasteiger partial charge < -0.3 is 5.32 Å². The molecule has 0 saturated heterocycles. The number of aromatic nitrogens is 4. The van der Waals surface area contributed by atoms with E-state index in [4.69, 9.17) is 11.6 Å². The monoisotopic (exact) mass is 393 g/mol. The van der Waals surface area contributed by atoms with E-state index in [1.165, 1.54) is 16.3 Å². The van der Waals surface area contributed by atoms with Gasteiger partial charge in [-0.3, -0.25) is 14.2 Å². The van der Waals surface area contributed by atoms with Gasteiger partial charge in [0.1, 0.15) is 0 Å². The van der Waals surface area contributed by atoms with Crippen molar-refractivity contribution >= 4 is 34.1 Å². The lowest BCUT2D eigenvalue weighted by Gasteiger charge is -2.11. The normalized spacial score (nSPS) is 12.2. The first-order valence-corrected chi connectivity index (χ1v) is 9.45. The zero-order valence-electron chi connectivity index (χ0n) is 15.4. The molecule has 7 heteroatoms. The number of nitrogens with one attached hydrogen (secondary N) is 1. The molecule has 0 fully saturated rings. The van der Waals surface area contributed by atoms with E-state index in [9.17, 15) is 4.79 Å². The molecule has 1 atom stereocenters. The van der Waals surface area contributed by atoms with Crippen LogP contribution in [0.5, 0.6) is 0 Å². The van der Waals surface area contributed by atoms with Crippen LogP contribution in [0.2, 0.25) is 5.02 Å². The van der Waals surface area contributed by atoms with Crippen LogP contribution in [0, 0.1) is 5.92 Å². The number of hydrogen-bond acceptors (Lipinski definition) is 3. The molecule has 0 radical (unpaired) electrons. The van der Waals surface area contributed by atoms with Gasteiger partial charge in [-0.15, -0.1) is 0 Å². The Balaban J connectivity index is 1.42. The standard InChI is InChI=1S/C21H20ClN5O/c1-15(12-27-14-18(22)11-23-27)21(28)24-20-9-10-26(25-20)13-17-7-4-6-16-5-2-3-8-19(16)17/h2-11,14-15H,12-13H2,1H3,(H,24,25,28). The molecule has 0 spiro atoms. The van der Waals surface area contributed by atoms with Crippen molar-refractivity contribution in [3.63, 3.8) is 0 Å².